The van der Waals surface area contributed by atoms with Gasteiger partial charge in [-0.3, -0.25) is 0 Å². The van der Waals surface area contributed by atoms with Gasteiger partial charge in [0, 0.05) is 17.6 Å². The number of rotatable bonds is 4. The summed E-state index contributed by atoms with van der Waals surface area (Å²) in [7, 11) is 0. The highest BCUT2D eigenvalue weighted by molar-refractivity contribution is 6.03. The van der Waals surface area contributed by atoms with Crippen molar-refractivity contribution in [3.8, 4) is 0 Å². The minimum atomic E-state index is -0.931. The normalized spacial score (nSPS) is 11.1. The van der Waals surface area contributed by atoms with E-state index in [0.717, 1.165) is 23.1 Å². The summed E-state index contributed by atoms with van der Waals surface area (Å²) in [6.07, 6.45) is 0.851. The molecular weight excluding hydrogens is 230 g/mol. The molecule has 0 spiro atoms. The SMILES string of the molecule is CCc1c(C)n(CCO)c2c(C(=O)O)cccc12. The van der Waals surface area contributed by atoms with Crippen molar-refractivity contribution in [3.63, 3.8) is 0 Å². The molecule has 0 unspecified atom stereocenters. The Morgan fingerprint density at radius 1 is 1.39 bits per heavy atom. The number of aromatic carboxylic acids is 1. The fraction of sp³-hybridized carbons (Fsp3) is 0.357. The van der Waals surface area contributed by atoms with Gasteiger partial charge in [0.25, 0.3) is 0 Å². The summed E-state index contributed by atoms with van der Waals surface area (Å²) in [4.78, 5) is 11.3. The lowest BCUT2D eigenvalue weighted by Gasteiger charge is -2.08. The number of nitrogens with zero attached hydrogens (tertiary/aromatic N) is 1. The van der Waals surface area contributed by atoms with Gasteiger partial charge >= 0.3 is 5.97 Å². The smallest absolute Gasteiger partial charge is 0.337 e. The lowest BCUT2D eigenvalue weighted by Crippen LogP contribution is -2.07. The van der Waals surface area contributed by atoms with Crippen LogP contribution >= 0.6 is 0 Å². The molecule has 0 radical (unpaired) electrons. The number of para-hydroxylation sites is 1. The van der Waals surface area contributed by atoms with E-state index in [1.165, 1.54) is 0 Å². The highest BCUT2D eigenvalue weighted by Gasteiger charge is 2.18. The maximum absolute atomic E-state index is 11.3. The maximum atomic E-state index is 11.3. The van der Waals surface area contributed by atoms with E-state index in [-0.39, 0.29) is 6.61 Å². The van der Waals surface area contributed by atoms with E-state index in [2.05, 4.69) is 6.92 Å². The summed E-state index contributed by atoms with van der Waals surface area (Å²) in [6.45, 7) is 4.45. The topological polar surface area (TPSA) is 62.5 Å². The highest BCUT2D eigenvalue weighted by atomic mass is 16.4. The fourth-order valence-electron chi connectivity index (χ4n) is 2.60. The molecular formula is C14H17NO3. The Bertz CT molecular complexity index is 599. The monoisotopic (exact) mass is 247 g/mol. The van der Waals surface area contributed by atoms with Crippen molar-refractivity contribution in [1.82, 2.24) is 4.57 Å². The number of hydrogen-bond acceptors (Lipinski definition) is 2. The third-order valence-electron chi connectivity index (χ3n) is 3.38. The predicted octanol–water partition coefficient (Wildman–Crippen LogP) is 2.20. The number of benzene rings is 1. The number of aryl methyl sites for hydroxylation is 1. The van der Waals surface area contributed by atoms with E-state index in [1.807, 2.05) is 17.6 Å². The van der Waals surface area contributed by atoms with Gasteiger partial charge in [0.05, 0.1) is 17.7 Å². The quantitative estimate of drug-likeness (QED) is 0.870. The van der Waals surface area contributed by atoms with E-state index in [9.17, 15) is 9.90 Å². The van der Waals surface area contributed by atoms with Gasteiger partial charge in [-0.2, -0.15) is 0 Å². The Kier molecular flexibility index (Phi) is 3.39. The van der Waals surface area contributed by atoms with Crippen LogP contribution in [0.4, 0.5) is 0 Å². The fourth-order valence-corrected chi connectivity index (χ4v) is 2.60. The van der Waals surface area contributed by atoms with E-state index < -0.39 is 5.97 Å². The number of aromatic nitrogens is 1. The number of carboxylic acids is 1. The van der Waals surface area contributed by atoms with Crippen molar-refractivity contribution >= 4 is 16.9 Å². The van der Waals surface area contributed by atoms with Crippen molar-refractivity contribution in [2.24, 2.45) is 0 Å². The van der Waals surface area contributed by atoms with Gasteiger partial charge in [0.15, 0.2) is 0 Å². The average molecular weight is 247 g/mol. The molecule has 0 amide bonds. The molecule has 1 aromatic heterocycles. The third-order valence-corrected chi connectivity index (χ3v) is 3.38. The summed E-state index contributed by atoms with van der Waals surface area (Å²) in [5.74, 6) is -0.931. The molecule has 2 N–H and O–H groups in total. The first-order valence-corrected chi connectivity index (χ1v) is 6.06. The van der Waals surface area contributed by atoms with E-state index in [4.69, 9.17) is 5.11 Å². The van der Waals surface area contributed by atoms with Crippen molar-refractivity contribution in [3.05, 3.63) is 35.0 Å². The molecule has 4 heteroatoms. The predicted molar refractivity (Wildman–Crippen MR) is 70.1 cm³/mol. The number of carbonyl (C=O) groups is 1. The van der Waals surface area contributed by atoms with Crippen LogP contribution in [-0.2, 0) is 13.0 Å². The average Bonchev–Trinajstić information content (AvgIpc) is 2.62. The molecule has 0 saturated carbocycles. The number of hydrogen-bond donors (Lipinski definition) is 2. The number of aliphatic hydroxyl groups excluding tert-OH is 1. The minimum Gasteiger partial charge on any atom is -0.478 e. The van der Waals surface area contributed by atoms with Crippen LogP contribution in [0.3, 0.4) is 0 Å². The second-order valence-corrected chi connectivity index (χ2v) is 4.30. The van der Waals surface area contributed by atoms with Gasteiger partial charge < -0.3 is 14.8 Å². The lowest BCUT2D eigenvalue weighted by molar-refractivity contribution is 0.0698. The summed E-state index contributed by atoms with van der Waals surface area (Å²) in [5.41, 5.74) is 3.20. The number of fused-ring (bicyclic) bond motifs is 1. The lowest BCUT2D eigenvalue weighted by atomic mass is 10.1. The van der Waals surface area contributed by atoms with Crippen LogP contribution in [0.2, 0.25) is 0 Å². The molecule has 1 aromatic carbocycles. The first kappa shape index (κ1) is 12.6. The van der Waals surface area contributed by atoms with Gasteiger partial charge in [-0.05, 0) is 25.0 Å². The molecule has 0 saturated heterocycles. The second-order valence-electron chi connectivity index (χ2n) is 4.30. The van der Waals surface area contributed by atoms with E-state index >= 15 is 0 Å². The molecule has 0 atom stereocenters. The molecule has 0 aliphatic rings. The number of carboxylic acid groups (broad SMARTS) is 1. The first-order chi connectivity index (χ1) is 8.61. The van der Waals surface area contributed by atoms with Gasteiger partial charge in [-0.25, -0.2) is 4.79 Å². The van der Waals surface area contributed by atoms with E-state index in [1.54, 1.807) is 12.1 Å². The standard InChI is InChI=1S/C14H17NO3/c1-3-10-9(2)15(7-8-16)13-11(10)5-4-6-12(13)14(17)18/h4-6,16H,3,7-8H2,1-2H3,(H,17,18). The molecule has 2 aromatic rings. The van der Waals surface area contributed by atoms with Crippen molar-refractivity contribution in [2.45, 2.75) is 26.8 Å². The van der Waals surface area contributed by atoms with Gasteiger partial charge in [0.2, 0.25) is 0 Å². The van der Waals surface area contributed by atoms with Gasteiger partial charge in [0.1, 0.15) is 0 Å². The van der Waals surface area contributed by atoms with Crippen LogP contribution in [0.1, 0.15) is 28.5 Å². The molecule has 1 heterocycles. The van der Waals surface area contributed by atoms with Crippen LogP contribution in [0, 0.1) is 6.92 Å². The Morgan fingerprint density at radius 2 is 2.11 bits per heavy atom. The molecule has 0 fully saturated rings. The summed E-state index contributed by atoms with van der Waals surface area (Å²) >= 11 is 0. The number of aliphatic hydroxyl groups is 1. The first-order valence-electron chi connectivity index (χ1n) is 6.06. The third kappa shape index (κ3) is 1.78. The Balaban J connectivity index is 2.87. The summed E-state index contributed by atoms with van der Waals surface area (Å²) in [6, 6.07) is 5.33. The molecule has 0 aliphatic carbocycles. The largest absolute Gasteiger partial charge is 0.478 e. The van der Waals surface area contributed by atoms with Crippen LogP contribution < -0.4 is 0 Å². The Morgan fingerprint density at radius 3 is 2.67 bits per heavy atom. The van der Waals surface area contributed by atoms with Crippen LogP contribution in [-0.4, -0.2) is 27.4 Å². The minimum absolute atomic E-state index is 0.00171. The zero-order valence-corrected chi connectivity index (χ0v) is 10.6. The van der Waals surface area contributed by atoms with Crippen molar-refractivity contribution < 1.29 is 15.0 Å². The van der Waals surface area contributed by atoms with Crippen molar-refractivity contribution in [2.75, 3.05) is 6.61 Å². The van der Waals surface area contributed by atoms with E-state index in [0.29, 0.717) is 17.6 Å². The molecule has 0 aliphatic heterocycles. The molecule has 2 rings (SSSR count). The Labute approximate surface area is 105 Å². The zero-order valence-electron chi connectivity index (χ0n) is 10.6. The maximum Gasteiger partial charge on any atom is 0.337 e. The molecule has 0 bridgehead atoms. The van der Waals surface area contributed by atoms with Gasteiger partial charge in [-0.15, -0.1) is 0 Å². The second kappa shape index (κ2) is 4.82. The molecule has 18 heavy (non-hydrogen) atoms. The Hall–Kier alpha value is -1.81. The van der Waals surface area contributed by atoms with Crippen LogP contribution in [0.25, 0.3) is 10.9 Å². The van der Waals surface area contributed by atoms with Crippen molar-refractivity contribution in [1.29, 1.82) is 0 Å². The highest BCUT2D eigenvalue weighted by Crippen LogP contribution is 2.29. The van der Waals surface area contributed by atoms with Crippen LogP contribution in [0.5, 0.6) is 0 Å². The van der Waals surface area contributed by atoms with Crippen LogP contribution in [0.15, 0.2) is 18.2 Å². The van der Waals surface area contributed by atoms with Gasteiger partial charge in [-0.1, -0.05) is 19.1 Å². The summed E-state index contributed by atoms with van der Waals surface area (Å²) < 4.78 is 1.90. The zero-order chi connectivity index (χ0) is 13.3. The molecule has 4 nitrogen and oxygen atoms in total. The summed E-state index contributed by atoms with van der Waals surface area (Å²) in [5, 5.41) is 19.4. The molecule has 96 valence electrons.